The van der Waals surface area contributed by atoms with Crippen LogP contribution in [-0.2, 0) is 0 Å². The van der Waals surface area contributed by atoms with Gasteiger partial charge in [-0.05, 0) is 19.3 Å². The van der Waals surface area contributed by atoms with E-state index in [0.717, 1.165) is 6.42 Å². The molecule has 1 heteroatoms. The standard InChI is InChI=1S/C11H19N/c1-8-6-10(11(3,4)5)12-7-9(8)2/h7-8H,6H2,1-5H3. The molecule has 1 atom stereocenters. The van der Waals surface area contributed by atoms with Crippen LogP contribution in [0.5, 0.6) is 0 Å². The number of hydrogen-bond acceptors (Lipinski definition) is 1. The summed E-state index contributed by atoms with van der Waals surface area (Å²) >= 11 is 0. The first-order chi connectivity index (χ1) is 5.41. The van der Waals surface area contributed by atoms with Crippen LogP contribution in [0.25, 0.3) is 0 Å². The summed E-state index contributed by atoms with van der Waals surface area (Å²) in [4.78, 5) is 4.49. The average Bonchev–Trinajstić information content (AvgIpc) is 1.92. The molecule has 0 fully saturated rings. The van der Waals surface area contributed by atoms with Gasteiger partial charge in [-0.3, -0.25) is 4.99 Å². The monoisotopic (exact) mass is 165 g/mol. The molecule has 0 bridgehead atoms. The summed E-state index contributed by atoms with van der Waals surface area (Å²) in [7, 11) is 0. The lowest BCUT2D eigenvalue weighted by Gasteiger charge is -2.27. The number of hydrogen-bond donors (Lipinski definition) is 0. The van der Waals surface area contributed by atoms with E-state index in [1.807, 2.05) is 6.20 Å². The van der Waals surface area contributed by atoms with Crippen LogP contribution in [0, 0.1) is 11.3 Å². The molecule has 1 aliphatic heterocycles. The predicted octanol–water partition coefficient (Wildman–Crippen LogP) is 3.42. The fourth-order valence-electron chi connectivity index (χ4n) is 1.31. The Balaban J connectivity index is 2.84. The maximum Gasteiger partial charge on any atom is 0.0259 e. The Hall–Kier alpha value is -0.590. The summed E-state index contributed by atoms with van der Waals surface area (Å²) in [5.41, 5.74) is 2.98. The second kappa shape index (κ2) is 3.04. The third-order valence-corrected chi connectivity index (χ3v) is 2.57. The van der Waals surface area contributed by atoms with Crippen molar-refractivity contribution in [1.82, 2.24) is 0 Å². The first-order valence-electron chi connectivity index (χ1n) is 4.65. The van der Waals surface area contributed by atoms with E-state index in [2.05, 4.69) is 39.6 Å². The molecule has 1 rings (SSSR count). The highest BCUT2D eigenvalue weighted by Gasteiger charge is 2.23. The second-order valence-electron chi connectivity index (χ2n) is 4.80. The smallest absolute Gasteiger partial charge is 0.0259 e. The molecule has 1 heterocycles. The van der Waals surface area contributed by atoms with Crippen molar-refractivity contribution in [2.45, 2.75) is 41.0 Å². The lowest BCUT2D eigenvalue weighted by molar-refractivity contribution is 0.550. The summed E-state index contributed by atoms with van der Waals surface area (Å²) in [6.07, 6.45) is 3.15. The van der Waals surface area contributed by atoms with Crippen molar-refractivity contribution in [2.75, 3.05) is 0 Å². The number of aliphatic imine (C=N–C) groups is 1. The highest BCUT2D eigenvalue weighted by atomic mass is 14.7. The molecule has 68 valence electrons. The van der Waals surface area contributed by atoms with Crippen LogP contribution in [-0.4, -0.2) is 5.71 Å². The molecule has 0 saturated heterocycles. The molecule has 1 nitrogen and oxygen atoms in total. The predicted molar refractivity (Wildman–Crippen MR) is 54.4 cm³/mol. The minimum atomic E-state index is 0.242. The van der Waals surface area contributed by atoms with Crippen LogP contribution in [0.3, 0.4) is 0 Å². The molecule has 0 N–H and O–H groups in total. The van der Waals surface area contributed by atoms with Crippen LogP contribution in [0.15, 0.2) is 16.8 Å². The Morgan fingerprint density at radius 3 is 2.42 bits per heavy atom. The van der Waals surface area contributed by atoms with Gasteiger partial charge in [0.2, 0.25) is 0 Å². The van der Waals surface area contributed by atoms with Crippen LogP contribution in [0.2, 0.25) is 0 Å². The molecule has 0 saturated carbocycles. The Kier molecular flexibility index (Phi) is 2.41. The Morgan fingerprint density at radius 1 is 1.42 bits per heavy atom. The fourth-order valence-corrected chi connectivity index (χ4v) is 1.31. The van der Waals surface area contributed by atoms with Gasteiger partial charge in [-0.1, -0.05) is 33.3 Å². The molecule has 0 aromatic heterocycles. The SMILES string of the molecule is CC1=CN=C(C(C)(C)C)CC1C. The molecule has 0 spiro atoms. The van der Waals surface area contributed by atoms with Gasteiger partial charge in [-0.15, -0.1) is 0 Å². The van der Waals surface area contributed by atoms with Gasteiger partial charge in [0.25, 0.3) is 0 Å². The van der Waals surface area contributed by atoms with E-state index < -0.39 is 0 Å². The third kappa shape index (κ3) is 1.96. The first-order valence-corrected chi connectivity index (χ1v) is 4.65. The van der Waals surface area contributed by atoms with E-state index in [1.54, 1.807) is 0 Å². The van der Waals surface area contributed by atoms with Gasteiger partial charge in [0.15, 0.2) is 0 Å². The first kappa shape index (κ1) is 9.50. The molecule has 0 amide bonds. The minimum Gasteiger partial charge on any atom is -0.265 e. The summed E-state index contributed by atoms with van der Waals surface area (Å²) in [6, 6.07) is 0. The summed E-state index contributed by atoms with van der Waals surface area (Å²) in [5, 5.41) is 0. The maximum atomic E-state index is 4.49. The highest BCUT2D eigenvalue weighted by molar-refractivity contribution is 5.90. The Morgan fingerprint density at radius 2 is 2.00 bits per heavy atom. The van der Waals surface area contributed by atoms with Gasteiger partial charge in [-0.25, -0.2) is 0 Å². The fraction of sp³-hybridized carbons (Fsp3) is 0.727. The zero-order valence-electron chi connectivity index (χ0n) is 8.81. The van der Waals surface area contributed by atoms with E-state index in [0.29, 0.717) is 5.92 Å². The molecule has 0 aliphatic carbocycles. The van der Waals surface area contributed by atoms with Crippen LogP contribution in [0.1, 0.15) is 41.0 Å². The molecule has 0 aromatic carbocycles. The number of nitrogens with zero attached hydrogens (tertiary/aromatic N) is 1. The van der Waals surface area contributed by atoms with Crippen molar-refractivity contribution in [3.05, 3.63) is 11.8 Å². The minimum absolute atomic E-state index is 0.242. The number of rotatable bonds is 0. The second-order valence-corrected chi connectivity index (χ2v) is 4.80. The molecule has 1 aliphatic rings. The summed E-state index contributed by atoms with van der Waals surface area (Å²) in [5.74, 6) is 0.678. The highest BCUT2D eigenvalue weighted by Crippen LogP contribution is 2.28. The van der Waals surface area contributed by atoms with E-state index in [1.165, 1.54) is 11.3 Å². The largest absolute Gasteiger partial charge is 0.265 e. The number of allylic oxidation sites excluding steroid dienone is 1. The summed E-state index contributed by atoms with van der Waals surface area (Å²) in [6.45, 7) is 11.1. The molecule has 1 unspecified atom stereocenters. The zero-order chi connectivity index (χ0) is 9.35. The summed E-state index contributed by atoms with van der Waals surface area (Å²) < 4.78 is 0. The lowest BCUT2D eigenvalue weighted by atomic mass is 9.82. The Labute approximate surface area is 75.6 Å². The third-order valence-electron chi connectivity index (χ3n) is 2.57. The van der Waals surface area contributed by atoms with Crippen LogP contribution >= 0.6 is 0 Å². The van der Waals surface area contributed by atoms with Crippen LogP contribution in [0.4, 0.5) is 0 Å². The van der Waals surface area contributed by atoms with Gasteiger partial charge in [0.1, 0.15) is 0 Å². The van der Waals surface area contributed by atoms with Crippen molar-refractivity contribution in [3.63, 3.8) is 0 Å². The molecular weight excluding hydrogens is 146 g/mol. The van der Waals surface area contributed by atoms with E-state index in [4.69, 9.17) is 0 Å². The molecule has 0 radical (unpaired) electrons. The normalized spacial score (nSPS) is 24.9. The van der Waals surface area contributed by atoms with Crippen molar-refractivity contribution in [2.24, 2.45) is 16.3 Å². The average molecular weight is 165 g/mol. The molecular formula is C11H19N. The van der Waals surface area contributed by atoms with E-state index in [-0.39, 0.29) is 5.41 Å². The van der Waals surface area contributed by atoms with Gasteiger partial charge in [0.05, 0.1) is 0 Å². The van der Waals surface area contributed by atoms with Crippen molar-refractivity contribution < 1.29 is 0 Å². The Bertz CT molecular complexity index is 228. The van der Waals surface area contributed by atoms with E-state index in [9.17, 15) is 0 Å². The lowest BCUT2D eigenvalue weighted by Crippen LogP contribution is -2.24. The quantitative estimate of drug-likeness (QED) is 0.521. The van der Waals surface area contributed by atoms with Gasteiger partial charge >= 0.3 is 0 Å². The molecule has 12 heavy (non-hydrogen) atoms. The van der Waals surface area contributed by atoms with Crippen molar-refractivity contribution in [1.29, 1.82) is 0 Å². The maximum absolute atomic E-state index is 4.49. The van der Waals surface area contributed by atoms with Gasteiger partial charge in [-0.2, -0.15) is 0 Å². The van der Waals surface area contributed by atoms with Gasteiger partial charge < -0.3 is 0 Å². The van der Waals surface area contributed by atoms with Crippen LogP contribution < -0.4 is 0 Å². The van der Waals surface area contributed by atoms with E-state index >= 15 is 0 Å². The van der Waals surface area contributed by atoms with Crippen molar-refractivity contribution >= 4 is 5.71 Å². The van der Waals surface area contributed by atoms with Gasteiger partial charge in [0, 0.05) is 17.3 Å². The molecule has 0 aromatic rings. The van der Waals surface area contributed by atoms with Crippen molar-refractivity contribution in [3.8, 4) is 0 Å². The zero-order valence-corrected chi connectivity index (χ0v) is 8.81. The topological polar surface area (TPSA) is 12.4 Å².